The molecule has 1 aromatic rings. The second-order valence-electron chi connectivity index (χ2n) is 7.62. The highest BCUT2D eigenvalue weighted by Crippen LogP contribution is 2.37. The number of benzene rings is 1. The van der Waals surface area contributed by atoms with Gasteiger partial charge >= 0.3 is 11.8 Å². The van der Waals surface area contributed by atoms with E-state index in [9.17, 15) is 9.59 Å². The van der Waals surface area contributed by atoms with Crippen LogP contribution >= 0.6 is 0 Å². The first kappa shape index (κ1) is 18.3. The van der Waals surface area contributed by atoms with Crippen LogP contribution < -0.4 is 15.8 Å². The van der Waals surface area contributed by atoms with Gasteiger partial charge in [0.1, 0.15) is 5.75 Å². The summed E-state index contributed by atoms with van der Waals surface area (Å²) in [6, 6.07) is 6.94. The van der Waals surface area contributed by atoms with Crippen LogP contribution in [0, 0.1) is 0 Å². The molecule has 24 heavy (non-hydrogen) atoms. The summed E-state index contributed by atoms with van der Waals surface area (Å²) in [5, 5.41) is 2.66. The van der Waals surface area contributed by atoms with Crippen LogP contribution in [0.4, 0.5) is 5.69 Å². The normalized spacial score (nSPS) is 19.7. The van der Waals surface area contributed by atoms with E-state index in [1.807, 2.05) is 27.7 Å². The van der Waals surface area contributed by atoms with E-state index in [2.05, 4.69) is 5.32 Å². The Kier molecular flexibility index (Phi) is 4.90. The van der Waals surface area contributed by atoms with E-state index in [0.29, 0.717) is 24.3 Å². The molecule has 132 valence electrons. The number of methoxy groups -OCH3 is 1. The Hall–Kier alpha value is -2.08. The number of amides is 2. The second-order valence-corrected chi connectivity index (χ2v) is 7.62. The summed E-state index contributed by atoms with van der Waals surface area (Å²) in [6.07, 6.45) is 1.32. The fraction of sp³-hybridized carbons (Fsp3) is 0.556. The largest absolute Gasteiger partial charge is 0.497 e. The topological polar surface area (TPSA) is 84.7 Å². The Morgan fingerprint density at radius 2 is 1.79 bits per heavy atom. The fourth-order valence-corrected chi connectivity index (χ4v) is 3.89. The summed E-state index contributed by atoms with van der Waals surface area (Å²) >= 11 is 0. The van der Waals surface area contributed by atoms with Crippen LogP contribution in [0.1, 0.15) is 40.5 Å². The molecule has 0 atom stereocenters. The lowest BCUT2D eigenvalue weighted by atomic mass is 9.77. The van der Waals surface area contributed by atoms with Crippen molar-refractivity contribution in [2.75, 3.05) is 12.4 Å². The predicted molar refractivity (Wildman–Crippen MR) is 93.8 cm³/mol. The number of nitrogens with one attached hydrogen (secondary N) is 1. The molecule has 0 radical (unpaired) electrons. The number of ether oxygens (including phenoxy) is 1. The molecule has 1 saturated heterocycles. The van der Waals surface area contributed by atoms with E-state index in [4.69, 9.17) is 10.5 Å². The third-order valence-electron chi connectivity index (χ3n) is 4.46. The highest BCUT2D eigenvalue weighted by molar-refractivity contribution is 6.39. The first-order valence-corrected chi connectivity index (χ1v) is 8.12. The molecule has 1 aliphatic heterocycles. The van der Waals surface area contributed by atoms with Crippen molar-refractivity contribution in [2.45, 2.75) is 57.7 Å². The summed E-state index contributed by atoms with van der Waals surface area (Å²) < 4.78 is 5.13. The van der Waals surface area contributed by atoms with Gasteiger partial charge < -0.3 is 20.7 Å². The molecule has 0 spiro atoms. The maximum absolute atomic E-state index is 12.8. The number of hydrogen-bond acceptors (Lipinski definition) is 4. The number of likely N-dealkylation sites (tertiary alicyclic amines) is 1. The first-order chi connectivity index (χ1) is 11.1. The SMILES string of the molecule is COc1cccc(NC(=O)C(=O)N2C(C)(C)CC(N)CC2(C)C)c1. The predicted octanol–water partition coefficient (Wildman–Crippen LogP) is 2.14. The van der Waals surface area contributed by atoms with Crippen molar-refractivity contribution in [3.8, 4) is 5.75 Å². The van der Waals surface area contributed by atoms with Gasteiger partial charge in [-0.25, -0.2) is 0 Å². The van der Waals surface area contributed by atoms with Crippen molar-refractivity contribution in [3.63, 3.8) is 0 Å². The molecule has 1 aliphatic rings. The molecule has 3 N–H and O–H groups in total. The molecule has 0 bridgehead atoms. The van der Waals surface area contributed by atoms with Crippen LogP contribution in [0.5, 0.6) is 5.75 Å². The molecule has 2 amide bonds. The van der Waals surface area contributed by atoms with E-state index in [1.165, 1.54) is 0 Å². The van der Waals surface area contributed by atoms with Gasteiger partial charge in [-0.2, -0.15) is 0 Å². The number of piperidine rings is 1. The van der Waals surface area contributed by atoms with Gasteiger partial charge in [-0.05, 0) is 52.7 Å². The summed E-state index contributed by atoms with van der Waals surface area (Å²) in [5.41, 5.74) is 5.69. The van der Waals surface area contributed by atoms with Gasteiger partial charge in [0.15, 0.2) is 0 Å². The molecule has 0 unspecified atom stereocenters. The average Bonchev–Trinajstić information content (AvgIpc) is 2.44. The molecule has 1 aromatic carbocycles. The van der Waals surface area contributed by atoms with Crippen LogP contribution in [-0.2, 0) is 9.59 Å². The molecule has 1 fully saturated rings. The van der Waals surface area contributed by atoms with Crippen LogP contribution in [-0.4, -0.2) is 40.9 Å². The smallest absolute Gasteiger partial charge is 0.313 e. The van der Waals surface area contributed by atoms with Gasteiger partial charge in [0.2, 0.25) is 0 Å². The van der Waals surface area contributed by atoms with E-state index < -0.39 is 22.9 Å². The standard InChI is InChI=1S/C18H27N3O3/c1-17(2)10-12(19)11-18(3,4)21(17)16(23)15(22)20-13-7-6-8-14(9-13)24-5/h6-9,12H,10-11,19H2,1-5H3,(H,20,22). The lowest BCUT2D eigenvalue weighted by Gasteiger charge is -2.54. The van der Waals surface area contributed by atoms with E-state index in [1.54, 1.807) is 36.3 Å². The number of anilines is 1. The molecule has 1 heterocycles. The lowest BCUT2D eigenvalue weighted by Crippen LogP contribution is -2.66. The molecule has 6 heteroatoms. The Balaban J connectivity index is 2.21. The number of carbonyl (C=O) groups is 2. The molecule has 0 saturated carbocycles. The van der Waals surface area contributed by atoms with Crippen molar-refractivity contribution < 1.29 is 14.3 Å². The Labute approximate surface area is 143 Å². The van der Waals surface area contributed by atoms with Crippen LogP contribution in [0.2, 0.25) is 0 Å². The molecular weight excluding hydrogens is 306 g/mol. The molecule has 0 aliphatic carbocycles. The van der Waals surface area contributed by atoms with Gasteiger partial charge in [0, 0.05) is 28.9 Å². The zero-order valence-corrected chi connectivity index (χ0v) is 15.1. The van der Waals surface area contributed by atoms with E-state index in [-0.39, 0.29) is 6.04 Å². The fourth-order valence-electron chi connectivity index (χ4n) is 3.89. The Morgan fingerprint density at radius 3 is 2.33 bits per heavy atom. The summed E-state index contributed by atoms with van der Waals surface area (Å²) in [5.74, 6) is -0.579. The zero-order valence-electron chi connectivity index (χ0n) is 15.1. The van der Waals surface area contributed by atoms with Gasteiger partial charge in [0.05, 0.1) is 7.11 Å². The number of hydrogen-bond donors (Lipinski definition) is 2. The zero-order chi connectivity index (χ0) is 18.1. The Morgan fingerprint density at radius 1 is 1.21 bits per heavy atom. The summed E-state index contributed by atoms with van der Waals surface area (Å²) in [6.45, 7) is 7.80. The minimum atomic E-state index is -0.653. The minimum absolute atomic E-state index is 0.0143. The first-order valence-electron chi connectivity index (χ1n) is 8.12. The van der Waals surface area contributed by atoms with Gasteiger partial charge in [-0.1, -0.05) is 6.07 Å². The van der Waals surface area contributed by atoms with Crippen LogP contribution in [0.25, 0.3) is 0 Å². The molecule has 0 aromatic heterocycles. The van der Waals surface area contributed by atoms with Crippen LogP contribution in [0.3, 0.4) is 0 Å². The number of nitrogens with two attached hydrogens (primary N) is 1. The molecular formula is C18H27N3O3. The van der Waals surface area contributed by atoms with E-state index in [0.717, 1.165) is 0 Å². The van der Waals surface area contributed by atoms with Crippen molar-refractivity contribution in [2.24, 2.45) is 5.73 Å². The maximum atomic E-state index is 12.8. The van der Waals surface area contributed by atoms with Crippen molar-refractivity contribution >= 4 is 17.5 Å². The van der Waals surface area contributed by atoms with Crippen molar-refractivity contribution in [1.29, 1.82) is 0 Å². The molecule has 6 nitrogen and oxygen atoms in total. The Bertz CT molecular complexity index is 622. The monoisotopic (exact) mass is 333 g/mol. The van der Waals surface area contributed by atoms with Gasteiger partial charge in [-0.15, -0.1) is 0 Å². The quantitative estimate of drug-likeness (QED) is 0.812. The minimum Gasteiger partial charge on any atom is -0.497 e. The number of carbonyl (C=O) groups excluding carboxylic acids is 2. The van der Waals surface area contributed by atoms with Crippen molar-refractivity contribution in [1.82, 2.24) is 4.90 Å². The maximum Gasteiger partial charge on any atom is 0.313 e. The number of nitrogens with zero attached hydrogens (tertiary/aromatic N) is 1. The van der Waals surface area contributed by atoms with E-state index >= 15 is 0 Å². The third-order valence-corrected chi connectivity index (χ3v) is 4.46. The number of rotatable bonds is 2. The highest BCUT2D eigenvalue weighted by atomic mass is 16.5. The average molecular weight is 333 g/mol. The highest BCUT2D eigenvalue weighted by Gasteiger charge is 2.48. The van der Waals surface area contributed by atoms with Crippen molar-refractivity contribution in [3.05, 3.63) is 24.3 Å². The molecule has 2 rings (SSSR count). The van der Waals surface area contributed by atoms with Gasteiger partial charge in [-0.3, -0.25) is 9.59 Å². The van der Waals surface area contributed by atoms with Gasteiger partial charge in [0.25, 0.3) is 0 Å². The summed E-state index contributed by atoms with van der Waals surface area (Å²) in [7, 11) is 1.55. The summed E-state index contributed by atoms with van der Waals surface area (Å²) in [4.78, 5) is 27.0. The van der Waals surface area contributed by atoms with Crippen LogP contribution in [0.15, 0.2) is 24.3 Å². The third kappa shape index (κ3) is 3.70. The second kappa shape index (κ2) is 6.43. The lowest BCUT2D eigenvalue weighted by molar-refractivity contribution is -0.156.